The van der Waals surface area contributed by atoms with Crippen LogP contribution >= 0.6 is 34.3 Å². The second-order valence-electron chi connectivity index (χ2n) is 9.53. The smallest absolute Gasteiger partial charge is 0.414 e. The highest BCUT2D eigenvalue weighted by Gasteiger charge is 2.19. The van der Waals surface area contributed by atoms with E-state index in [9.17, 15) is 14.7 Å². The maximum absolute atomic E-state index is 12.1. The number of carbonyl (C=O) groups is 2. The molecule has 5 rings (SSSR count). The summed E-state index contributed by atoms with van der Waals surface area (Å²) in [6.45, 7) is 5.92. The molecule has 3 aromatic heterocycles. The number of benzene rings is 2. The fraction of sp³-hybridized carbons (Fsp3) is 0.231. The molecule has 0 atom stereocenters. The predicted octanol–water partition coefficient (Wildman–Crippen LogP) is 7.05. The molecule has 37 heavy (non-hydrogen) atoms. The molecule has 1 amide bonds. The van der Waals surface area contributed by atoms with Crippen molar-refractivity contribution in [3.05, 3.63) is 64.1 Å². The van der Waals surface area contributed by atoms with E-state index in [4.69, 9.17) is 16.3 Å². The van der Waals surface area contributed by atoms with Crippen LogP contribution in [0.1, 0.15) is 31.9 Å². The van der Waals surface area contributed by atoms with Crippen molar-refractivity contribution in [2.45, 2.75) is 39.3 Å². The first-order valence-electron chi connectivity index (χ1n) is 11.4. The third kappa shape index (κ3) is 5.61. The van der Waals surface area contributed by atoms with Gasteiger partial charge < -0.3 is 14.4 Å². The number of hydrogen-bond acceptors (Lipinski definition) is 7. The van der Waals surface area contributed by atoms with Crippen LogP contribution in [-0.2, 0) is 22.5 Å². The number of aliphatic carboxylic acids is 1. The number of carboxylic acid groups (broad SMARTS) is 1. The molecule has 0 bridgehead atoms. The third-order valence-electron chi connectivity index (χ3n) is 5.54. The third-order valence-corrected chi connectivity index (χ3v) is 7.68. The SMILES string of the molecule is CC(C)(C)OC(=O)Nc1nnc(-c2ccc3c(CC(=O)O)cn(Cc4csc5ccc(Cl)cc45)c3c2)s1. The largest absolute Gasteiger partial charge is 0.481 e. The lowest BCUT2D eigenvalue weighted by Gasteiger charge is -2.18. The van der Waals surface area contributed by atoms with E-state index < -0.39 is 17.7 Å². The Morgan fingerprint density at radius 3 is 2.68 bits per heavy atom. The molecule has 11 heteroatoms. The second-order valence-corrected chi connectivity index (χ2v) is 11.9. The molecule has 8 nitrogen and oxygen atoms in total. The van der Waals surface area contributed by atoms with Crippen LogP contribution in [0.25, 0.3) is 31.6 Å². The Labute approximate surface area is 225 Å². The number of nitrogens with zero attached hydrogens (tertiary/aromatic N) is 3. The molecule has 5 aromatic rings. The number of hydrogen-bond donors (Lipinski definition) is 2. The average Bonchev–Trinajstić information content (AvgIpc) is 3.51. The van der Waals surface area contributed by atoms with Crippen LogP contribution in [0.2, 0.25) is 5.02 Å². The number of amides is 1. The summed E-state index contributed by atoms with van der Waals surface area (Å²) in [5.74, 6) is -0.891. The van der Waals surface area contributed by atoms with Crippen LogP contribution < -0.4 is 5.32 Å². The van der Waals surface area contributed by atoms with Crippen LogP contribution in [-0.4, -0.2) is 37.5 Å². The number of fused-ring (bicyclic) bond motifs is 2. The summed E-state index contributed by atoms with van der Waals surface area (Å²) in [7, 11) is 0. The minimum Gasteiger partial charge on any atom is -0.481 e. The summed E-state index contributed by atoms with van der Waals surface area (Å²) >= 11 is 9.13. The number of halogens is 1. The Kier molecular flexibility index (Phi) is 6.65. The van der Waals surface area contributed by atoms with Gasteiger partial charge in [0.2, 0.25) is 5.13 Å². The van der Waals surface area contributed by atoms with Crippen LogP contribution in [0.4, 0.5) is 9.93 Å². The van der Waals surface area contributed by atoms with Crippen LogP contribution in [0, 0.1) is 0 Å². The molecule has 0 saturated heterocycles. The lowest BCUT2D eigenvalue weighted by Crippen LogP contribution is -2.27. The highest BCUT2D eigenvalue weighted by Crippen LogP contribution is 2.34. The van der Waals surface area contributed by atoms with Crippen molar-refractivity contribution in [2.75, 3.05) is 5.32 Å². The molecular formula is C26H23ClN4O4S2. The lowest BCUT2D eigenvalue weighted by molar-refractivity contribution is -0.136. The average molecular weight is 555 g/mol. The Balaban J connectivity index is 1.50. The summed E-state index contributed by atoms with van der Waals surface area (Å²) in [4.78, 5) is 23.6. The number of rotatable bonds is 6. The normalized spacial score (nSPS) is 11.8. The summed E-state index contributed by atoms with van der Waals surface area (Å²) < 4.78 is 8.48. The van der Waals surface area contributed by atoms with Crippen molar-refractivity contribution in [2.24, 2.45) is 0 Å². The van der Waals surface area contributed by atoms with Crippen molar-refractivity contribution in [1.29, 1.82) is 0 Å². The minimum atomic E-state index is -0.891. The molecule has 2 aromatic carbocycles. The standard InChI is InChI=1S/C26H23ClN4O4S2/c1-26(2,3)35-25(34)28-24-30-29-23(37-24)14-4-6-18-15(9-22(32)33)11-31(20(18)8-14)12-16-13-36-21-7-5-17(27)10-19(16)21/h4-8,10-11,13H,9,12H2,1-3H3,(H,32,33)(H,28,30,34). The summed E-state index contributed by atoms with van der Waals surface area (Å²) in [6.07, 6.45) is 1.22. The number of ether oxygens (including phenoxy) is 1. The molecule has 0 radical (unpaired) electrons. The predicted molar refractivity (Wildman–Crippen MR) is 148 cm³/mol. The summed E-state index contributed by atoms with van der Waals surface area (Å²) in [6, 6.07) is 11.6. The minimum absolute atomic E-state index is 0.0815. The van der Waals surface area contributed by atoms with Gasteiger partial charge in [-0.3, -0.25) is 10.1 Å². The highest BCUT2D eigenvalue weighted by molar-refractivity contribution is 7.18. The number of nitrogens with one attached hydrogen (secondary N) is 1. The van der Waals surface area contributed by atoms with Crippen molar-refractivity contribution in [3.63, 3.8) is 0 Å². The fourth-order valence-corrected chi connectivity index (χ4v) is 5.91. The topological polar surface area (TPSA) is 106 Å². The van der Waals surface area contributed by atoms with Gasteiger partial charge in [-0.2, -0.15) is 0 Å². The van der Waals surface area contributed by atoms with Gasteiger partial charge in [-0.1, -0.05) is 35.1 Å². The van der Waals surface area contributed by atoms with Crippen LogP contribution in [0.5, 0.6) is 0 Å². The number of thiophene rings is 1. The van der Waals surface area contributed by atoms with Gasteiger partial charge in [0.25, 0.3) is 0 Å². The molecular weight excluding hydrogens is 532 g/mol. The second kappa shape index (κ2) is 9.77. The first-order chi connectivity index (χ1) is 17.6. The monoisotopic (exact) mass is 554 g/mol. The van der Waals surface area contributed by atoms with Crippen molar-refractivity contribution in [1.82, 2.24) is 14.8 Å². The summed E-state index contributed by atoms with van der Waals surface area (Å²) in [5, 5.41) is 26.0. The van der Waals surface area contributed by atoms with E-state index in [0.29, 0.717) is 21.7 Å². The zero-order valence-electron chi connectivity index (χ0n) is 20.2. The molecule has 0 spiro atoms. The van der Waals surface area contributed by atoms with E-state index >= 15 is 0 Å². The van der Waals surface area contributed by atoms with Gasteiger partial charge in [0.15, 0.2) is 0 Å². The van der Waals surface area contributed by atoms with E-state index in [0.717, 1.165) is 37.7 Å². The van der Waals surface area contributed by atoms with Gasteiger partial charge in [0.1, 0.15) is 10.6 Å². The van der Waals surface area contributed by atoms with Crippen molar-refractivity contribution < 1.29 is 19.4 Å². The van der Waals surface area contributed by atoms with E-state index in [2.05, 4.69) is 25.5 Å². The van der Waals surface area contributed by atoms with Crippen LogP contribution in [0.3, 0.4) is 0 Å². The maximum Gasteiger partial charge on any atom is 0.414 e. The fourth-order valence-electron chi connectivity index (χ4n) is 4.08. The Bertz CT molecular complexity index is 1650. The molecule has 0 aliphatic rings. The van der Waals surface area contributed by atoms with Gasteiger partial charge in [-0.15, -0.1) is 21.5 Å². The molecule has 0 aliphatic carbocycles. The van der Waals surface area contributed by atoms with E-state index in [1.54, 1.807) is 32.1 Å². The van der Waals surface area contributed by atoms with E-state index in [-0.39, 0.29) is 6.42 Å². The maximum atomic E-state index is 12.1. The van der Waals surface area contributed by atoms with Crippen molar-refractivity contribution >= 4 is 72.5 Å². The van der Waals surface area contributed by atoms with E-state index in [1.165, 1.54) is 11.3 Å². The Morgan fingerprint density at radius 1 is 1.11 bits per heavy atom. The quantitative estimate of drug-likeness (QED) is 0.233. The molecule has 0 aliphatic heterocycles. The Hall–Kier alpha value is -3.47. The van der Waals surface area contributed by atoms with Gasteiger partial charge in [-0.05, 0) is 66.9 Å². The van der Waals surface area contributed by atoms with Gasteiger partial charge in [-0.25, -0.2) is 4.79 Å². The van der Waals surface area contributed by atoms with E-state index in [1.807, 2.05) is 42.6 Å². The number of aromatic nitrogens is 3. The molecule has 3 heterocycles. The van der Waals surface area contributed by atoms with Crippen molar-refractivity contribution in [3.8, 4) is 10.6 Å². The number of carbonyl (C=O) groups excluding carboxylic acids is 1. The first-order valence-corrected chi connectivity index (χ1v) is 13.5. The molecule has 0 saturated carbocycles. The molecule has 0 unspecified atom stereocenters. The zero-order chi connectivity index (χ0) is 26.3. The summed E-state index contributed by atoms with van der Waals surface area (Å²) in [5.41, 5.74) is 2.90. The van der Waals surface area contributed by atoms with Gasteiger partial charge in [0.05, 0.1) is 6.42 Å². The van der Waals surface area contributed by atoms with Gasteiger partial charge in [0, 0.05) is 38.9 Å². The van der Waals surface area contributed by atoms with Crippen LogP contribution in [0.15, 0.2) is 48.0 Å². The lowest BCUT2D eigenvalue weighted by atomic mass is 10.1. The number of anilines is 1. The Morgan fingerprint density at radius 2 is 1.92 bits per heavy atom. The zero-order valence-corrected chi connectivity index (χ0v) is 22.6. The first kappa shape index (κ1) is 25.2. The highest BCUT2D eigenvalue weighted by atomic mass is 35.5. The van der Waals surface area contributed by atoms with Gasteiger partial charge >= 0.3 is 12.1 Å². The molecule has 190 valence electrons. The molecule has 2 N–H and O–H groups in total. The molecule has 0 fully saturated rings. The number of carboxylic acids is 1.